The van der Waals surface area contributed by atoms with Crippen molar-refractivity contribution in [3.63, 3.8) is 0 Å². The normalized spacial score (nSPS) is 10.7. The van der Waals surface area contributed by atoms with Crippen molar-refractivity contribution in [1.82, 2.24) is 20.0 Å². The fraction of sp³-hybridized carbons (Fsp3) is 0.294. The first-order chi connectivity index (χ1) is 12.6. The van der Waals surface area contributed by atoms with E-state index in [2.05, 4.69) is 15.1 Å². The number of halogens is 1. The maximum Gasteiger partial charge on any atom is 0.275 e. The van der Waals surface area contributed by atoms with E-state index in [1.807, 2.05) is 6.92 Å². The van der Waals surface area contributed by atoms with E-state index in [1.165, 1.54) is 23.3 Å². The van der Waals surface area contributed by atoms with Gasteiger partial charge >= 0.3 is 0 Å². The molecule has 0 N–H and O–H groups in total. The quantitative estimate of drug-likeness (QED) is 0.639. The summed E-state index contributed by atoms with van der Waals surface area (Å²) >= 11 is 0. The molecule has 0 spiro atoms. The summed E-state index contributed by atoms with van der Waals surface area (Å²) in [6, 6.07) is 6.00. The topological polar surface area (TPSA) is 94.5 Å². The Kier molecular flexibility index (Phi) is 5.26. The standard InChI is InChI=1S/C17H17FN4O4/c1-3-15-20-14(21-26-15)8-22(2)17(23)12-9-25-16(19-12)10-24-13-7-5-4-6-11(13)18/h4-7,9H,3,8,10H2,1-2H3. The highest BCUT2D eigenvalue weighted by Gasteiger charge is 2.19. The lowest BCUT2D eigenvalue weighted by atomic mass is 10.3. The molecule has 0 bridgehead atoms. The zero-order valence-corrected chi connectivity index (χ0v) is 14.3. The molecule has 1 aromatic carbocycles. The molecule has 0 saturated heterocycles. The van der Waals surface area contributed by atoms with E-state index in [9.17, 15) is 9.18 Å². The van der Waals surface area contributed by atoms with Crippen LogP contribution in [0.2, 0.25) is 0 Å². The Labute approximate surface area is 148 Å². The van der Waals surface area contributed by atoms with E-state index < -0.39 is 5.82 Å². The predicted molar refractivity (Wildman–Crippen MR) is 86.7 cm³/mol. The number of oxazole rings is 1. The lowest BCUT2D eigenvalue weighted by Gasteiger charge is -2.12. The largest absolute Gasteiger partial charge is 0.481 e. The Balaban J connectivity index is 1.59. The Bertz CT molecular complexity index is 892. The number of benzene rings is 1. The number of amides is 1. The molecular formula is C17H17FN4O4. The number of para-hydroxylation sites is 1. The molecular weight excluding hydrogens is 343 g/mol. The summed E-state index contributed by atoms with van der Waals surface area (Å²) in [6.45, 7) is 1.98. The minimum atomic E-state index is -0.485. The summed E-state index contributed by atoms with van der Waals surface area (Å²) in [4.78, 5) is 22.0. The van der Waals surface area contributed by atoms with Crippen LogP contribution < -0.4 is 4.74 Å². The number of carbonyl (C=O) groups is 1. The van der Waals surface area contributed by atoms with Crippen LogP contribution in [0.15, 0.2) is 39.5 Å². The fourth-order valence-electron chi connectivity index (χ4n) is 2.15. The Morgan fingerprint density at radius 2 is 2.08 bits per heavy atom. The number of hydrogen-bond donors (Lipinski definition) is 0. The molecule has 0 radical (unpaired) electrons. The van der Waals surface area contributed by atoms with Gasteiger partial charge in [0.25, 0.3) is 5.91 Å². The van der Waals surface area contributed by atoms with Gasteiger partial charge in [0.05, 0.1) is 6.54 Å². The van der Waals surface area contributed by atoms with E-state index in [1.54, 1.807) is 19.2 Å². The molecule has 0 saturated carbocycles. The highest BCUT2D eigenvalue weighted by molar-refractivity contribution is 5.91. The molecule has 3 aromatic rings. The van der Waals surface area contributed by atoms with Gasteiger partial charge < -0.3 is 18.6 Å². The van der Waals surface area contributed by atoms with Gasteiger partial charge in [-0.3, -0.25) is 4.79 Å². The van der Waals surface area contributed by atoms with Gasteiger partial charge in [-0.1, -0.05) is 24.2 Å². The molecule has 0 atom stereocenters. The van der Waals surface area contributed by atoms with E-state index in [4.69, 9.17) is 13.7 Å². The summed E-state index contributed by atoms with van der Waals surface area (Å²) in [5, 5.41) is 3.80. The van der Waals surface area contributed by atoms with Crippen molar-refractivity contribution in [2.24, 2.45) is 0 Å². The van der Waals surface area contributed by atoms with Gasteiger partial charge in [-0.2, -0.15) is 4.98 Å². The molecule has 0 aliphatic rings. The zero-order valence-electron chi connectivity index (χ0n) is 14.3. The second kappa shape index (κ2) is 7.77. The number of ether oxygens (including phenoxy) is 1. The van der Waals surface area contributed by atoms with Crippen LogP contribution in [-0.4, -0.2) is 33.0 Å². The summed E-state index contributed by atoms with van der Waals surface area (Å²) in [5.41, 5.74) is 0.110. The average Bonchev–Trinajstić information content (AvgIpc) is 3.29. The van der Waals surface area contributed by atoms with Crippen LogP contribution in [0.3, 0.4) is 0 Å². The van der Waals surface area contributed by atoms with E-state index in [-0.39, 0.29) is 36.4 Å². The first-order valence-electron chi connectivity index (χ1n) is 7.95. The lowest BCUT2D eigenvalue weighted by Crippen LogP contribution is -2.27. The van der Waals surface area contributed by atoms with Crippen molar-refractivity contribution < 1.29 is 22.9 Å². The van der Waals surface area contributed by atoms with Crippen molar-refractivity contribution in [2.45, 2.75) is 26.5 Å². The molecule has 136 valence electrons. The maximum atomic E-state index is 13.5. The molecule has 0 aliphatic carbocycles. The van der Waals surface area contributed by atoms with E-state index >= 15 is 0 Å². The number of rotatable bonds is 7. The minimum Gasteiger partial charge on any atom is -0.481 e. The van der Waals surface area contributed by atoms with Crippen LogP contribution in [-0.2, 0) is 19.6 Å². The summed E-state index contributed by atoms with van der Waals surface area (Å²) in [6.07, 6.45) is 1.85. The smallest absolute Gasteiger partial charge is 0.275 e. The van der Waals surface area contributed by atoms with Gasteiger partial charge in [0.2, 0.25) is 11.8 Å². The lowest BCUT2D eigenvalue weighted by molar-refractivity contribution is 0.0774. The Morgan fingerprint density at radius 3 is 2.81 bits per heavy atom. The predicted octanol–water partition coefficient (Wildman–Crippen LogP) is 2.61. The molecule has 9 heteroatoms. The van der Waals surface area contributed by atoms with E-state index in [0.29, 0.717) is 18.1 Å². The van der Waals surface area contributed by atoms with Crippen LogP contribution in [0.25, 0.3) is 0 Å². The van der Waals surface area contributed by atoms with E-state index in [0.717, 1.165) is 0 Å². The molecule has 2 heterocycles. The highest BCUT2D eigenvalue weighted by Crippen LogP contribution is 2.17. The first-order valence-corrected chi connectivity index (χ1v) is 7.95. The molecule has 8 nitrogen and oxygen atoms in total. The van der Waals surface area contributed by atoms with Crippen LogP contribution >= 0.6 is 0 Å². The molecule has 1 amide bonds. The Morgan fingerprint density at radius 1 is 1.27 bits per heavy atom. The van der Waals surface area contributed by atoms with Gasteiger partial charge in [0.1, 0.15) is 6.26 Å². The summed E-state index contributed by atoms with van der Waals surface area (Å²) in [7, 11) is 1.59. The number of carbonyl (C=O) groups excluding carboxylic acids is 1. The number of hydrogen-bond acceptors (Lipinski definition) is 7. The summed E-state index contributed by atoms with van der Waals surface area (Å²) in [5.74, 6) is 0.312. The molecule has 3 rings (SSSR count). The first kappa shape index (κ1) is 17.6. The summed E-state index contributed by atoms with van der Waals surface area (Å²) < 4.78 is 29.0. The SMILES string of the molecule is CCc1nc(CN(C)C(=O)c2coc(COc3ccccc3F)n2)no1. The maximum absolute atomic E-state index is 13.5. The molecule has 0 unspecified atom stereocenters. The molecule has 0 fully saturated rings. The monoisotopic (exact) mass is 360 g/mol. The van der Waals surface area contributed by atoms with Crippen molar-refractivity contribution in [2.75, 3.05) is 7.05 Å². The third-order valence-corrected chi connectivity index (χ3v) is 3.50. The minimum absolute atomic E-state index is 0.0829. The molecule has 26 heavy (non-hydrogen) atoms. The van der Waals surface area contributed by atoms with Crippen molar-refractivity contribution >= 4 is 5.91 Å². The second-order valence-electron chi connectivity index (χ2n) is 5.46. The van der Waals surface area contributed by atoms with Crippen molar-refractivity contribution in [1.29, 1.82) is 0 Å². The fourth-order valence-corrected chi connectivity index (χ4v) is 2.15. The third-order valence-electron chi connectivity index (χ3n) is 3.50. The van der Waals surface area contributed by atoms with Crippen molar-refractivity contribution in [3.8, 4) is 5.75 Å². The van der Waals surface area contributed by atoms with Gasteiger partial charge in [0, 0.05) is 13.5 Å². The van der Waals surface area contributed by atoms with Crippen LogP contribution in [0.4, 0.5) is 4.39 Å². The second-order valence-corrected chi connectivity index (χ2v) is 5.46. The van der Waals surface area contributed by atoms with Crippen LogP contribution in [0, 0.1) is 5.82 Å². The molecule has 2 aromatic heterocycles. The van der Waals surface area contributed by atoms with Crippen LogP contribution in [0.1, 0.15) is 35.0 Å². The van der Waals surface area contributed by atoms with Gasteiger partial charge in [0.15, 0.2) is 29.7 Å². The zero-order chi connectivity index (χ0) is 18.5. The van der Waals surface area contributed by atoms with Crippen molar-refractivity contribution in [3.05, 3.63) is 59.6 Å². The average molecular weight is 360 g/mol. The number of aromatic nitrogens is 3. The van der Waals surface area contributed by atoms with Gasteiger partial charge in [-0.15, -0.1) is 0 Å². The van der Waals surface area contributed by atoms with Gasteiger partial charge in [-0.05, 0) is 12.1 Å². The number of aryl methyl sites for hydroxylation is 1. The molecule has 0 aliphatic heterocycles. The van der Waals surface area contributed by atoms with Crippen LogP contribution in [0.5, 0.6) is 5.75 Å². The number of nitrogens with zero attached hydrogens (tertiary/aromatic N) is 4. The highest BCUT2D eigenvalue weighted by atomic mass is 19.1. The Hall–Kier alpha value is -3.23. The van der Waals surface area contributed by atoms with Gasteiger partial charge in [-0.25, -0.2) is 9.37 Å². The third kappa shape index (κ3) is 4.05.